The van der Waals surface area contributed by atoms with Crippen molar-refractivity contribution in [1.29, 1.82) is 0 Å². The van der Waals surface area contributed by atoms with E-state index >= 15 is 0 Å². The molecule has 7 heteroatoms. The van der Waals surface area contributed by atoms with E-state index in [9.17, 15) is 19.2 Å². The summed E-state index contributed by atoms with van der Waals surface area (Å²) in [6.07, 6.45) is 0.0679. The topological polar surface area (TPSA) is 90.0 Å². The normalized spacial score (nSPS) is 13.4. The van der Waals surface area contributed by atoms with E-state index in [0.717, 1.165) is 10.5 Å². The molecule has 0 aliphatic carbocycles. The molecule has 2 amide bonds. The van der Waals surface area contributed by atoms with Crippen LogP contribution in [0.25, 0.3) is 0 Å². The van der Waals surface area contributed by atoms with Crippen LogP contribution >= 0.6 is 0 Å². The number of hydrogen-bond donors (Lipinski definition) is 0. The van der Waals surface area contributed by atoms with Gasteiger partial charge < -0.3 is 9.47 Å². The summed E-state index contributed by atoms with van der Waals surface area (Å²) >= 11 is 0. The first-order valence-electron chi connectivity index (χ1n) is 10.3. The van der Waals surface area contributed by atoms with Crippen molar-refractivity contribution in [2.45, 2.75) is 12.5 Å². The Balaban J connectivity index is 1.56. The lowest BCUT2D eigenvalue weighted by atomic mass is 10.0. The summed E-state index contributed by atoms with van der Waals surface area (Å²) in [6, 6.07) is 20.7. The van der Waals surface area contributed by atoms with E-state index in [1.165, 1.54) is 7.11 Å². The molecular weight excluding hydrogens is 422 g/mol. The van der Waals surface area contributed by atoms with Gasteiger partial charge in [-0.1, -0.05) is 54.6 Å². The van der Waals surface area contributed by atoms with Crippen LogP contribution in [0.1, 0.15) is 36.6 Å². The molecule has 0 spiro atoms. The minimum atomic E-state index is -1.21. The Morgan fingerprint density at radius 2 is 1.48 bits per heavy atom. The SMILES string of the molecule is COc1cccc(C(=O)COC(=O)[C@H](Cc2ccccc2)N2C(=O)c3ccccc3C2=O)c1. The van der Waals surface area contributed by atoms with Gasteiger partial charge in [0.25, 0.3) is 11.8 Å². The first-order chi connectivity index (χ1) is 16.0. The number of rotatable bonds is 8. The Morgan fingerprint density at radius 1 is 0.848 bits per heavy atom. The summed E-state index contributed by atoms with van der Waals surface area (Å²) in [5.74, 6) is -1.88. The zero-order chi connectivity index (χ0) is 23.4. The van der Waals surface area contributed by atoms with Gasteiger partial charge in [-0.3, -0.25) is 19.3 Å². The third-order valence-electron chi connectivity index (χ3n) is 5.42. The van der Waals surface area contributed by atoms with Crippen LogP contribution in [0.3, 0.4) is 0 Å². The number of imide groups is 1. The standard InChI is InChI=1S/C26H21NO6/c1-32-19-11-7-10-18(15-19)23(28)16-33-26(31)22(14-17-8-3-2-4-9-17)27-24(29)20-12-5-6-13-21(20)25(27)30/h2-13,15,22H,14,16H2,1H3/t22-/m0/s1. The summed E-state index contributed by atoms with van der Waals surface area (Å²) in [5, 5.41) is 0. The number of ether oxygens (including phenoxy) is 2. The summed E-state index contributed by atoms with van der Waals surface area (Å²) in [4.78, 5) is 52.5. The molecule has 166 valence electrons. The van der Waals surface area contributed by atoms with E-state index < -0.39 is 36.2 Å². The number of ketones is 1. The number of hydrogen-bond acceptors (Lipinski definition) is 6. The van der Waals surface area contributed by atoms with Crippen molar-refractivity contribution in [1.82, 2.24) is 4.90 Å². The first-order valence-corrected chi connectivity index (χ1v) is 10.3. The molecular formula is C26H21NO6. The van der Waals surface area contributed by atoms with E-state index in [2.05, 4.69) is 0 Å². The van der Waals surface area contributed by atoms with Crippen molar-refractivity contribution in [2.75, 3.05) is 13.7 Å². The van der Waals surface area contributed by atoms with Gasteiger partial charge >= 0.3 is 5.97 Å². The summed E-state index contributed by atoms with van der Waals surface area (Å²) in [5.41, 5.74) is 1.54. The fraction of sp³-hybridized carbons (Fsp3) is 0.154. The molecule has 3 aromatic carbocycles. The highest BCUT2D eigenvalue weighted by atomic mass is 16.5. The van der Waals surface area contributed by atoms with Gasteiger partial charge in [-0.15, -0.1) is 0 Å². The molecule has 0 N–H and O–H groups in total. The van der Waals surface area contributed by atoms with Crippen molar-refractivity contribution in [2.24, 2.45) is 0 Å². The number of carbonyl (C=O) groups excluding carboxylic acids is 4. The van der Waals surface area contributed by atoms with Crippen molar-refractivity contribution in [3.8, 4) is 5.75 Å². The fourth-order valence-electron chi connectivity index (χ4n) is 3.72. The summed E-state index contributed by atoms with van der Waals surface area (Å²) < 4.78 is 10.4. The molecule has 0 aromatic heterocycles. The number of methoxy groups -OCH3 is 1. The molecule has 3 aromatic rings. The molecule has 33 heavy (non-hydrogen) atoms. The Labute approximate surface area is 190 Å². The molecule has 1 heterocycles. The molecule has 0 saturated heterocycles. The van der Waals surface area contributed by atoms with Gasteiger partial charge in [-0.25, -0.2) is 4.79 Å². The van der Waals surface area contributed by atoms with Gasteiger partial charge in [0.1, 0.15) is 11.8 Å². The fourth-order valence-corrected chi connectivity index (χ4v) is 3.72. The Morgan fingerprint density at radius 3 is 2.12 bits per heavy atom. The number of nitrogens with zero attached hydrogens (tertiary/aromatic N) is 1. The van der Waals surface area contributed by atoms with Gasteiger partial charge in [0, 0.05) is 12.0 Å². The zero-order valence-corrected chi connectivity index (χ0v) is 17.9. The van der Waals surface area contributed by atoms with Gasteiger partial charge in [-0.05, 0) is 29.8 Å². The third-order valence-corrected chi connectivity index (χ3v) is 5.42. The predicted octanol–water partition coefficient (Wildman–Crippen LogP) is 3.33. The molecule has 4 rings (SSSR count). The largest absolute Gasteiger partial charge is 0.497 e. The maximum atomic E-state index is 13.1. The molecule has 7 nitrogen and oxygen atoms in total. The van der Waals surface area contributed by atoms with E-state index in [1.807, 2.05) is 6.07 Å². The average Bonchev–Trinajstić information content (AvgIpc) is 3.11. The Hall–Kier alpha value is -4.26. The minimum Gasteiger partial charge on any atom is -0.497 e. The van der Waals surface area contributed by atoms with Crippen LogP contribution in [0.2, 0.25) is 0 Å². The van der Waals surface area contributed by atoms with Crippen molar-refractivity contribution < 1.29 is 28.7 Å². The zero-order valence-electron chi connectivity index (χ0n) is 17.9. The molecule has 0 unspecified atom stereocenters. The molecule has 1 aliphatic rings. The number of fused-ring (bicyclic) bond motifs is 1. The van der Waals surface area contributed by atoms with Gasteiger partial charge in [0.15, 0.2) is 12.4 Å². The molecule has 0 bridgehead atoms. The number of esters is 1. The highest BCUT2D eigenvalue weighted by Crippen LogP contribution is 2.26. The van der Waals surface area contributed by atoms with Crippen molar-refractivity contribution in [3.63, 3.8) is 0 Å². The van der Waals surface area contributed by atoms with E-state index in [1.54, 1.807) is 72.8 Å². The van der Waals surface area contributed by atoms with Crippen LogP contribution in [0, 0.1) is 0 Å². The van der Waals surface area contributed by atoms with Gasteiger partial charge in [0.05, 0.1) is 18.2 Å². The third kappa shape index (κ3) is 4.52. The van der Waals surface area contributed by atoms with E-state index in [0.29, 0.717) is 11.3 Å². The second-order valence-electron chi connectivity index (χ2n) is 7.49. The molecule has 1 aliphatic heterocycles. The Bertz CT molecular complexity index is 1190. The number of benzene rings is 3. The van der Waals surface area contributed by atoms with E-state index in [-0.39, 0.29) is 17.5 Å². The lowest BCUT2D eigenvalue weighted by molar-refractivity contribution is -0.147. The maximum absolute atomic E-state index is 13.1. The van der Waals surface area contributed by atoms with E-state index in [4.69, 9.17) is 9.47 Å². The number of Topliss-reactive ketones (excluding diaryl/α,β-unsaturated/α-hetero) is 1. The van der Waals surface area contributed by atoms with Crippen LogP contribution < -0.4 is 4.74 Å². The van der Waals surface area contributed by atoms with Gasteiger partial charge in [-0.2, -0.15) is 0 Å². The second-order valence-corrected chi connectivity index (χ2v) is 7.49. The molecule has 0 saturated carbocycles. The number of carbonyl (C=O) groups is 4. The first kappa shape index (κ1) is 22.0. The van der Waals surface area contributed by atoms with Gasteiger partial charge in [0.2, 0.25) is 0 Å². The Kier molecular flexibility index (Phi) is 6.31. The quantitative estimate of drug-likeness (QED) is 0.301. The van der Waals surface area contributed by atoms with Crippen LogP contribution in [0.15, 0.2) is 78.9 Å². The lowest BCUT2D eigenvalue weighted by Gasteiger charge is -2.24. The molecule has 0 fully saturated rings. The van der Waals surface area contributed by atoms with Crippen molar-refractivity contribution in [3.05, 3.63) is 101 Å². The van der Waals surface area contributed by atoms with Crippen LogP contribution in [0.4, 0.5) is 0 Å². The van der Waals surface area contributed by atoms with Crippen LogP contribution in [-0.2, 0) is 16.0 Å². The summed E-state index contributed by atoms with van der Waals surface area (Å²) in [7, 11) is 1.49. The van der Waals surface area contributed by atoms with Crippen LogP contribution in [0.5, 0.6) is 5.75 Å². The monoisotopic (exact) mass is 443 g/mol. The molecule has 1 atom stereocenters. The smallest absolute Gasteiger partial charge is 0.330 e. The van der Waals surface area contributed by atoms with Crippen LogP contribution in [-0.4, -0.2) is 48.2 Å². The highest BCUT2D eigenvalue weighted by Gasteiger charge is 2.43. The highest BCUT2D eigenvalue weighted by molar-refractivity contribution is 6.22. The second kappa shape index (κ2) is 9.48. The molecule has 0 radical (unpaired) electrons. The lowest BCUT2D eigenvalue weighted by Crippen LogP contribution is -2.47. The minimum absolute atomic E-state index is 0.0679. The average molecular weight is 443 g/mol. The number of amides is 2. The predicted molar refractivity (Wildman–Crippen MR) is 119 cm³/mol. The summed E-state index contributed by atoms with van der Waals surface area (Å²) in [6.45, 7) is -0.527. The van der Waals surface area contributed by atoms with Crippen molar-refractivity contribution >= 4 is 23.6 Å². The maximum Gasteiger partial charge on any atom is 0.330 e.